The van der Waals surface area contributed by atoms with E-state index in [2.05, 4.69) is 49.7 Å². The van der Waals surface area contributed by atoms with Gasteiger partial charge < -0.3 is 5.32 Å². The molecule has 3 heteroatoms. The van der Waals surface area contributed by atoms with Gasteiger partial charge >= 0.3 is 0 Å². The average molecular weight is 304 g/mol. The first kappa shape index (κ1) is 17.7. The second kappa shape index (κ2) is 11.3. The summed E-state index contributed by atoms with van der Waals surface area (Å²) in [5.74, 6) is 2.69. The van der Waals surface area contributed by atoms with Crippen LogP contribution in [-0.4, -0.2) is 35.1 Å². The lowest BCUT2D eigenvalue weighted by molar-refractivity contribution is 0.465. The number of rotatable bonds is 10. The Kier molecular flexibility index (Phi) is 10.6. The van der Waals surface area contributed by atoms with Gasteiger partial charge in [-0.15, -0.1) is 0 Å². The van der Waals surface area contributed by atoms with Gasteiger partial charge in [0.05, 0.1) is 0 Å². The van der Waals surface area contributed by atoms with Crippen LogP contribution in [0.2, 0.25) is 0 Å². The standard InChI is InChI=1S/C16H33NS2/c1-4-5-6-7-8-9-10-11-15(17-3)16-14(2)18-12-13-19-16/h14-17H,4-13H2,1-3H3. The number of thioether (sulfide) groups is 2. The Labute approximate surface area is 129 Å². The molecule has 0 aromatic heterocycles. The quantitative estimate of drug-likeness (QED) is 0.573. The van der Waals surface area contributed by atoms with Crippen molar-refractivity contribution in [3.63, 3.8) is 0 Å². The lowest BCUT2D eigenvalue weighted by atomic mass is 10.0. The molecule has 114 valence electrons. The Bertz CT molecular complexity index is 211. The molecule has 3 unspecified atom stereocenters. The number of hydrogen-bond acceptors (Lipinski definition) is 3. The van der Waals surface area contributed by atoms with Crippen molar-refractivity contribution in [1.82, 2.24) is 5.32 Å². The van der Waals surface area contributed by atoms with Gasteiger partial charge in [0.15, 0.2) is 0 Å². The van der Waals surface area contributed by atoms with E-state index in [9.17, 15) is 0 Å². The summed E-state index contributed by atoms with van der Waals surface area (Å²) in [7, 11) is 2.15. The van der Waals surface area contributed by atoms with Gasteiger partial charge in [0, 0.05) is 28.0 Å². The van der Waals surface area contributed by atoms with Crippen molar-refractivity contribution in [2.75, 3.05) is 18.6 Å². The van der Waals surface area contributed by atoms with E-state index in [1.807, 2.05) is 0 Å². The van der Waals surface area contributed by atoms with E-state index in [0.717, 1.165) is 16.5 Å². The van der Waals surface area contributed by atoms with E-state index in [1.165, 1.54) is 62.9 Å². The minimum Gasteiger partial charge on any atom is -0.316 e. The van der Waals surface area contributed by atoms with Crippen molar-refractivity contribution in [2.24, 2.45) is 0 Å². The van der Waals surface area contributed by atoms with E-state index in [4.69, 9.17) is 0 Å². The molecule has 1 N–H and O–H groups in total. The first-order valence-corrected chi connectivity index (χ1v) is 10.3. The van der Waals surface area contributed by atoms with Crippen molar-refractivity contribution >= 4 is 23.5 Å². The van der Waals surface area contributed by atoms with Crippen LogP contribution in [0.15, 0.2) is 0 Å². The highest BCUT2D eigenvalue weighted by atomic mass is 32.2. The first-order valence-electron chi connectivity index (χ1n) is 8.20. The summed E-state index contributed by atoms with van der Waals surface area (Å²) in [5.41, 5.74) is 0. The average Bonchev–Trinajstić information content (AvgIpc) is 2.43. The molecule has 1 nitrogen and oxygen atoms in total. The Morgan fingerprint density at radius 1 is 1.00 bits per heavy atom. The third-order valence-corrected chi connectivity index (χ3v) is 7.37. The summed E-state index contributed by atoms with van der Waals surface area (Å²) in [6.07, 6.45) is 11.3. The fourth-order valence-electron chi connectivity index (χ4n) is 2.89. The highest BCUT2D eigenvalue weighted by Crippen LogP contribution is 2.34. The maximum atomic E-state index is 3.58. The predicted molar refractivity (Wildman–Crippen MR) is 93.6 cm³/mol. The smallest absolute Gasteiger partial charge is 0.0317 e. The molecular weight excluding hydrogens is 270 g/mol. The highest BCUT2D eigenvalue weighted by Gasteiger charge is 2.28. The maximum absolute atomic E-state index is 3.58. The monoisotopic (exact) mass is 303 g/mol. The molecule has 1 heterocycles. The predicted octanol–water partition coefficient (Wildman–Crippen LogP) is 4.95. The molecule has 1 aliphatic rings. The molecule has 1 fully saturated rings. The maximum Gasteiger partial charge on any atom is 0.0317 e. The molecule has 19 heavy (non-hydrogen) atoms. The first-order chi connectivity index (χ1) is 9.29. The second-order valence-corrected chi connectivity index (χ2v) is 8.49. The molecule has 0 aliphatic carbocycles. The van der Waals surface area contributed by atoms with Crippen LogP contribution in [0.25, 0.3) is 0 Å². The lowest BCUT2D eigenvalue weighted by Gasteiger charge is -2.34. The number of nitrogens with one attached hydrogen (secondary N) is 1. The van der Waals surface area contributed by atoms with Gasteiger partial charge in [-0.05, 0) is 13.5 Å². The largest absolute Gasteiger partial charge is 0.316 e. The summed E-state index contributed by atoms with van der Waals surface area (Å²) in [6.45, 7) is 4.70. The van der Waals surface area contributed by atoms with Gasteiger partial charge in [0.2, 0.25) is 0 Å². The molecule has 1 rings (SSSR count). The molecule has 0 saturated carbocycles. The fourth-order valence-corrected chi connectivity index (χ4v) is 5.93. The van der Waals surface area contributed by atoms with Crippen LogP contribution in [-0.2, 0) is 0 Å². The third kappa shape index (κ3) is 7.29. The van der Waals surface area contributed by atoms with E-state index >= 15 is 0 Å². The van der Waals surface area contributed by atoms with Crippen molar-refractivity contribution in [3.05, 3.63) is 0 Å². The summed E-state index contributed by atoms with van der Waals surface area (Å²) in [4.78, 5) is 0. The molecule has 0 amide bonds. The van der Waals surface area contributed by atoms with E-state index in [0.29, 0.717) is 0 Å². The van der Waals surface area contributed by atoms with Crippen LogP contribution in [0.3, 0.4) is 0 Å². The van der Waals surface area contributed by atoms with Gasteiger partial charge in [-0.1, -0.05) is 58.8 Å². The minimum absolute atomic E-state index is 0.725. The zero-order valence-electron chi connectivity index (χ0n) is 13.1. The van der Waals surface area contributed by atoms with Gasteiger partial charge in [0.25, 0.3) is 0 Å². The zero-order chi connectivity index (χ0) is 13.9. The molecule has 1 aliphatic heterocycles. The van der Waals surface area contributed by atoms with Crippen molar-refractivity contribution in [3.8, 4) is 0 Å². The third-order valence-electron chi connectivity index (χ3n) is 4.12. The zero-order valence-corrected chi connectivity index (χ0v) is 14.8. The number of hydrogen-bond donors (Lipinski definition) is 1. The summed E-state index contributed by atoms with van der Waals surface area (Å²) in [6, 6.07) is 0.725. The SMILES string of the molecule is CCCCCCCCCC(NC)C1SCCSC1C. The van der Waals surface area contributed by atoms with Crippen LogP contribution in [0.5, 0.6) is 0 Å². The van der Waals surface area contributed by atoms with Crippen LogP contribution < -0.4 is 5.32 Å². The molecule has 0 aromatic carbocycles. The van der Waals surface area contributed by atoms with E-state index < -0.39 is 0 Å². The summed E-state index contributed by atoms with van der Waals surface area (Å²) < 4.78 is 0. The molecule has 0 spiro atoms. The molecule has 0 bridgehead atoms. The second-order valence-electron chi connectivity index (χ2n) is 5.72. The fraction of sp³-hybridized carbons (Fsp3) is 1.00. The van der Waals surface area contributed by atoms with Gasteiger partial charge in [-0.25, -0.2) is 0 Å². The topological polar surface area (TPSA) is 12.0 Å². The molecular formula is C16H33NS2. The summed E-state index contributed by atoms with van der Waals surface area (Å²) in [5, 5.41) is 5.22. The Hall–Kier alpha value is 0.660. The lowest BCUT2D eigenvalue weighted by Crippen LogP contribution is -2.42. The van der Waals surface area contributed by atoms with Crippen LogP contribution in [0.1, 0.15) is 65.2 Å². The van der Waals surface area contributed by atoms with E-state index in [-0.39, 0.29) is 0 Å². The molecule has 0 aromatic rings. The van der Waals surface area contributed by atoms with Gasteiger partial charge in [0.1, 0.15) is 0 Å². The Balaban J connectivity index is 2.10. The van der Waals surface area contributed by atoms with Crippen molar-refractivity contribution < 1.29 is 0 Å². The normalized spacial score (nSPS) is 25.4. The minimum atomic E-state index is 0.725. The number of unbranched alkanes of at least 4 members (excludes halogenated alkanes) is 6. The van der Waals surface area contributed by atoms with Crippen LogP contribution in [0.4, 0.5) is 0 Å². The van der Waals surface area contributed by atoms with Gasteiger partial charge in [-0.2, -0.15) is 23.5 Å². The van der Waals surface area contributed by atoms with Gasteiger partial charge in [-0.3, -0.25) is 0 Å². The van der Waals surface area contributed by atoms with Crippen LogP contribution in [0, 0.1) is 0 Å². The molecule has 0 radical (unpaired) electrons. The Morgan fingerprint density at radius 3 is 2.26 bits per heavy atom. The Morgan fingerprint density at radius 2 is 1.63 bits per heavy atom. The van der Waals surface area contributed by atoms with E-state index in [1.54, 1.807) is 0 Å². The molecule has 3 atom stereocenters. The highest BCUT2D eigenvalue weighted by molar-refractivity contribution is 8.07. The van der Waals surface area contributed by atoms with Crippen molar-refractivity contribution in [2.45, 2.75) is 81.8 Å². The molecule has 1 saturated heterocycles. The van der Waals surface area contributed by atoms with Crippen LogP contribution >= 0.6 is 23.5 Å². The summed E-state index contributed by atoms with van der Waals surface area (Å²) >= 11 is 4.36. The van der Waals surface area contributed by atoms with Crippen molar-refractivity contribution in [1.29, 1.82) is 0 Å².